The Morgan fingerprint density at radius 2 is 2.11 bits per heavy atom. The standard InChI is InChI=1S/C12H13ClFNO3/c1-15(7-6-10(16)18-2)12(17)8-4-3-5-9(13)11(8)14/h3-5H,6-7H2,1-2H3. The minimum atomic E-state index is -0.755. The van der Waals surface area contributed by atoms with Crippen LogP contribution < -0.4 is 0 Å². The van der Waals surface area contributed by atoms with Crippen LogP contribution in [-0.2, 0) is 9.53 Å². The van der Waals surface area contributed by atoms with Crippen molar-refractivity contribution in [2.24, 2.45) is 0 Å². The number of rotatable bonds is 4. The van der Waals surface area contributed by atoms with Crippen molar-refractivity contribution in [3.63, 3.8) is 0 Å². The molecule has 0 unspecified atom stereocenters. The predicted molar refractivity (Wildman–Crippen MR) is 65.0 cm³/mol. The molecule has 1 aromatic carbocycles. The predicted octanol–water partition coefficient (Wildman–Crippen LogP) is 2.11. The molecular formula is C12H13ClFNO3. The molecule has 0 heterocycles. The molecule has 0 radical (unpaired) electrons. The van der Waals surface area contributed by atoms with Gasteiger partial charge in [0, 0.05) is 13.6 Å². The second-order valence-electron chi connectivity index (χ2n) is 3.65. The zero-order valence-corrected chi connectivity index (χ0v) is 10.8. The van der Waals surface area contributed by atoms with E-state index in [1.54, 1.807) is 0 Å². The molecular weight excluding hydrogens is 261 g/mol. The third-order valence-electron chi connectivity index (χ3n) is 2.41. The maximum atomic E-state index is 13.6. The minimum Gasteiger partial charge on any atom is -0.469 e. The lowest BCUT2D eigenvalue weighted by molar-refractivity contribution is -0.140. The van der Waals surface area contributed by atoms with Gasteiger partial charge in [0.15, 0.2) is 5.82 Å². The van der Waals surface area contributed by atoms with E-state index in [0.717, 1.165) is 0 Å². The molecule has 0 aliphatic heterocycles. The summed E-state index contributed by atoms with van der Waals surface area (Å²) in [6.07, 6.45) is 0.0565. The van der Waals surface area contributed by atoms with Gasteiger partial charge in [0.2, 0.25) is 0 Å². The minimum absolute atomic E-state index is 0.0565. The summed E-state index contributed by atoms with van der Waals surface area (Å²) in [5, 5.41) is -0.109. The SMILES string of the molecule is COC(=O)CCN(C)C(=O)c1cccc(Cl)c1F. The van der Waals surface area contributed by atoms with Gasteiger partial charge in [0.1, 0.15) is 0 Å². The highest BCUT2D eigenvalue weighted by molar-refractivity contribution is 6.31. The molecule has 98 valence electrons. The fourth-order valence-electron chi connectivity index (χ4n) is 1.34. The Morgan fingerprint density at radius 3 is 2.72 bits per heavy atom. The maximum absolute atomic E-state index is 13.6. The number of hydrogen-bond acceptors (Lipinski definition) is 3. The van der Waals surface area contributed by atoms with Crippen molar-refractivity contribution in [1.82, 2.24) is 4.90 Å². The van der Waals surface area contributed by atoms with E-state index in [-0.39, 0.29) is 23.6 Å². The fourth-order valence-corrected chi connectivity index (χ4v) is 1.51. The van der Waals surface area contributed by atoms with E-state index < -0.39 is 17.7 Å². The van der Waals surface area contributed by atoms with Gasteiger partial charge in [0.25, 0.3) is 5.91 Å². The lowest BCUT2D eigenvalue weighted by Gasteiger charge is -2.17. The number of esters is 1. The van der Waals surface area contributed by atoms with Crippen molar-refractivity contribution in [1.29, 1.82) is 0 Å². The number of nitrogens with zero attached hydrogens (tertiary/aromatic N) is 1. The van der Waals surface area contributed by atoms with Crippen molar-refractivity contribution in [3.8, 4) is 0 Å². The van der Waals surface area contributed by atoms with E-state index in [2.05, 4.69) is 4.74 Å². The lowest BCUT2D eigenvalue weighted by Crippen LogP contribution is -2.30. The van der Waals surface area contributed by atoms with Gasteiger partial charge >= 0.3 is 5.97 Å². The van der Waals surface area contributed by atoms with Crippen LogP contribution in [0.1, 0.15) is 16.8 Å². The van der Waals surface area contributed by atoms with Gasteiger partial charge in [-0.05, 0) is 12.1 Å². The van der Waals surface area contributed by atoms with E-state index in [4.69, 9.17) is 11.6 Å². The van der Waals surface area contributed by atoms with Gasteiger partial charge in [-0.2, -0.15) is 0 Å². The Bertz CT molecular complexity index is 465. The quantitative estimate of drug-likeness (QED) is 0.790. The normalized spacial score (nSPS) is 10.0. The Balaban J connectivity index is 2.74. The van der Waals surface area contributed by atoms with Crippen LogP contribution in [0.4, 0.5) is 4.39 Å². The third kappa shape index (κ3) is 3.43. The Morgan fingerprint density at radius 1 is 1.44 bits per heavy atom. The zero-order valence-electron chi connectivity index (χ0n) is 10.1. The van der Waals surface area contributed by atoms with E-state index in [0.29, 0.717) is 0 Å². The number of carbonyl (C=O) groups is 2. The van der Waals surface area contributed by atoms with Crippen LogP contribution in [-0.4, -0.2) is 37.5 Å². The smallest absolute Gasteiger partial charge is 0.307 e. The number of halogens is 2. The molecule has 1 aromatic rings. The Labute approximate surface area is 109 Å². The van der Waals surface area contributed by atoms with Gasteiger partial charge in [-0.3, -0.25) is 9.59 Å². The summed E-state index contributed by atoms with van der Waals surface area (Å²) in [5.74, 6) is -1.71. The first-order valence-electron chi connectivity index (χ1n) is 5.23. The van der Waals surface area contributed by atoms with Crippen molar-refractivity contribution in [2.45, 2.75) is 6.42 Å². The first-order chi connectivity index (χ1) is 8.47. The molecule has 0 saturated carbocycles. The first-order valence-corrected chi connectivity index (χ1v) is 5.61. The molecule has 0 aliphatic carbocycles. The average Bonchev–Trinajstić information content (AvgIpc) is 2.37. The topological polar surface area (TPSA) is 46.6 Å². The number of methoxy groups -OCH3 is 1. The molecule has 0 aromatic heterocycles. The summed E-state index contributed by atoms with van der Waals surface area (Å²) in [7, 11) is 2.74. The summed E-state index contributed by atoms with van der Waals surface area (Å²) < 4.78 is 18.1. The highest BCUT2D eigenvalue weighted by Crippen LogP contribution is 2.19. The van der Waals surface area contributed by atoms with Gasteiger partial charge in [-0.25, -0.2) is 4.39 Å². The van der Waals surface area contributed by atoms with Crippen LogP contribution in [0.15, 0.2) is 18.2 Å². The van der Waals surface area contributed by atoms with Crippen LogP contribution in [0.2, 0.25) is 5.02 Å². The molecule has 1 rings (SSSR count). The number of ether oxygens (including phenoxy) is 1. The Kier molecular flexibility index (Phi) is 5.09. The highest BCUT2D eigenvalue weighted by Gasteiger charge is 2.18. The van der Waals surface area contributed by atoms with Crippen LogP contribution in [0, 0.1) is 5.82 Å². The van der Waals surface area contributed by atoms with Crippen molar-refractivity contribution < 1.29 is 18.7 Å². The monoisotopic (exact) mass is 273 g/mol. The summed E-state index contributed by atoms with van der Waals surface area (Å²) in [6.45, 7) is 0.150. The maximum Gasteiger partial charge on any atom is 0.307 e. The summed E-state index contributed by atoms with van der Waals surface area (Å²) in [5.41, 5.74) is -0.116. The van der Waals surface area contributed by atoms with Crippen molar-refractivity contribution >= 4 is 23.5 Å². The molecule has 6 heteroatoms. The van der Waals surface area contributed by atoms with Crippen LogP contribution >= 0.6 is 11.6 Å². The van der Waals surface area contributed by atoms with E-state index in [1.165, 1.54) is 37.3 Å². The number of hydrogen-bond donors (Lipinski definition) is 0. The van der Waals surface area contributed by atoms with Crippen molar-refractivity contribution in [3.05, 3.63) is 34.6 Å². The van der Waals surface area contributed by atoms with E-state index >= 15 is 0 Å². The van der Waals surface area contributed by atoms with Gasteiger partial charge < -0.3 is 9.64 Å². The average molecular weight is 274 g/mol. The third-order valence-corrected chi connectivity index (χ3v) is 2.70. The molecule has 0 fully saturated rings. The van der Waals surface area contributed by atoms with Crippen LogP contribution in [0.25, 0.3) is 0 Å². The lowest BCUT2D eigenvalue weighted by atomic mass is 10.2. The molecule has 1 amide bonds. The number of amides is 1. The largest absolute Gasteiger partial charge is 0.469 e. The molecule has 0 N–H and O–H groups in total. The van der Waals surface area contributed by atoms with E-state index in [1.807, 2.05) is 0 Å². The molecule has 18 heavy (non-hydrogen) atoms. The second kappa shape index (κ2) is 6.35. The van der Waals surface area contributed by atoms with Crippen molar-refractivity contribution in [2.75, 3.05) is 20.7 Å². The van der Waals surface area contributed by atoms with Gasteiger partial charge in [-0.1, -0.05) is 17.7 Å². The first kappa shape index (κ1) is 14.4. The summed E-state index contributed by atoms with van der Waals surface area (Å²) in [4.78, 5) is 24.1. The second-order valence-corrected chi connectivity index (χ2v) is 4.06. The number of carbonyl (C=O) groups excluding carboxylic acids is 2. The summed E-state index contributed by atoms with van der Waals surface area (Å²) >= 11 is 5.59. The molecule has 0 spiro atoms. The fraction of sp³-hybridized carbons (Fsp3) is 0.333. The Hall–Kier alpha value is -1.62. The van der Waals surface area contributed by atoms with Crippen LogP contribution in [0.5, 0.6) is 0 Å². The van der Waals surface area contributed by atoms with Crippen LogP contribution in [0.3, 0.4) is 0 Å². The number of benzene rings is 1. The van der Waals surface area contributed by atoms with Gasteiger partial charge in [0.05, 0.1) is 24.1 Å². The molecule has 0 bridgehead atoms. The molecule has 0 saturated heterocycles. The van der Waals surface area contributed by atoms with Gasteiger partial charge in [-0.15, -0.1) is 0 Å². The van der Waals surface area contributed by atoms with E-state index in [9.17, 15) is 14.0 Å². The highest BCUT2D eigenvalue weighted by atomic mass is 35.5. The molecule has 0 atom stereocenters. The molecule has 4 nitrogen and oxygen atoms in total. The molecule has 0 aliphatic rings. The zero-order chi connectivity index (χ0) is 13.7. The summed E-state index contributed by atoms with van der Waals surface area (Å²) in [6, 6.07) is 4.20.